The Morgan fingerprint density at radius 3 is 3.00 bits per heavy atom. The maximum absolute atomic E-state index is 13.5. The van der Waals surface area contributed by atoms with Crippen LogP contribution in [-0.2, 0) is 13.0 Å². The second-order valence-corrected chi connectivity index (χ2v) is 3.52. The van der Waals surface area contributed by atoms with Crippen LogP contribution in [0.1, 0.15) is 29.0 Å². The van der Waals surface area contributed by atoms with Gasteiger partial charge in [-0.25, -0.2) is 4.39 Å². The summed E-state index contributed by atoms with van der Waals surface area (Å²) < 4.78 is 23.6. The molecule has 2 aromatic rings. The summed E-state index contributed by atoms with van der Waals surface area (Å²) in [6, 6.07) is 4.12. The molecule has 0 amide bonds. The molecular weight excluding hydrogens is 239 g/mol. The second kappa shape index (κ2) is 5.39. The van der Waals surface area contributed by atoms with E-state index in [0.29, 0.717) is 18.5 Å². The molecule has 1 heterocycles. The quantitative estimate of drug-likeness (QED) is 0.761. The number of nitrogens with zero attached hydrogens (tertiary/aromatic N) is 2. The van der Waals surface area contributed by atoms with Crippen LogP contribution >= 0.6 is 0 Å². The van der Waals surface area contributed by atoms with Gasteiger partial charge in [0.25, 0.3) is 5.89 Å². The molecule has 5 nitrogen and oxygen atoms in total. The van der Waals surface area contributed by atoms with E-state index in [0.717, 1.165) is 0 Å². The predicted molar refractivity (Wildman–Crippen MR) is 59.8 cm³/mol. The van der Waals surface area contributed by atoms with E-state index in [2.05, 4.69) is 10.1 Å². The summed E-state index contributed by atoms with van der Waals surface area (Å²) in [5.74, 6) is 0.0864. The van der Waals surface area contributed by atoms with Crippen LogP contribution in [0.2, 0.25) is 0 Å². The Morgan fingerprint density at radius 1 is 1.50 bits per heavy atom. The Balaban J connectivity index is 2.12. The molecular formula is C12H11FN2O3. The van der Waals surface area contributed by atoms with Gasteiger partial charge in [-0.3, -0.25) is 4.79 Å². The lowest BCUT2D eigenvalue weighted by Crippen LogP contribution is -2.01. The monoisotopic (exact) mass is 250 g/mol. The Bertz CT molecular complexity index is 554. The normalized spacial score (nSPS) is 10.3. The Kier molecular flexibility index (Phi) is 3.66. The summed E-state index contributed by atoms with van der Waals surface area (Å²) >= 11 is 0. The lowest BCUT2D eigenvalue weighted by atomic mass is 10.2. The van der Waals surface area contributed by atoms with Crippen molar-refractivity contribution in [1.29, 1.82) is 0 Å². The third-order valence-electron chi connectivity index (χ3n) is 2.29. The van der Waals surface area contributed by atoms with Crippen molar-refractivity contribution in [3.8, 4) is 5.75 Å². The molecule has 0 unspecified atom stereocenters. The minimum atomic E-state index is -0.602. The van der Waals surface area contributed by atoms with Crippen LogP contribution in [0.3, 0.4) is 0 Å². The van der Waals surface area contributed by atoms with Gasteiger partial charge in [0.15, 0.2) is 30.3 Å². The zero-order valence-corrected chi connectivity index (χ0v) is 9.72. The second-order valence-electron chi connectivity index (χ2n) is 3.52. The van der Waals surface area contributed by atoms with Gasteiger partial charge in [0.05, 0.1) is 5.56 Å². The summed E-state index contributed by atoms with van der Waals surface area (Å²) in [6.45, 7) is 1.81. The van der Waals surface area contributed by atoms with Crippen molar-refractivity contribution in [3.63, 3.8) is 0 Å². The largest absolute Gasteiger partial charge is 0.480 e. The first-order valence-corrected chi connectivity index (χ1v) is 5.42. The lowest BCUT2D eigenvalue weighted by molar-refractivity contribution is 0.111. The fourth-order valence-corrected chi connectivity index (χ4v) is 1.40. The van der Waals surface area contributed by atoms with Gasteiger partial charge in [-0.15, -0.1) is 0 Å². The highest BCUT2D eigenvalue weighted by Crippen LogP contribution is 2.22. The van der Waals surface area contributed by atoms with Crippen molar-refractivity contribution < 1.29 is 18.4 Å². The molecule has 0 saturated carbocycles. The van der Waals surface area contributed by atoms with Crippen LogP contribution in [0.15, 0.2) is 22.7 Å². The molecule has 0 saturated heterocycles. The first-order chi connectivity index (χ1) is 8.74. The van der Waals surface area contributed by atoms with Crippen molar-refractivity contribution in [2.24, 2.45) is 0 Å². The topological polar surface area (TPSA) is 65.2 Å². The molecule has 0 radical (unpaired) electrons. The number of aromatic nitrogens is 2. The molecule has 0 aliphatic carbocycles. The highest BCUT2D eigenvalue weighted by Gasteiger charge is 2.11. The number of rotatable bonds is 5. The van der Waals surface area contributed by atoms with Crippen LogP contribution in [-0.4, -0.2) is 16.4 Å². The van der Waals surface area contributed by atoms with Crippen molar-refractivity contribution >= 4 is 6.29 Å². The first-order valence-electron chi connectivity index (χ1n) is 5.42. The lowest BCUT2D eigenvalue weighted by Gasteiger charge is -2.06. The highest BCUT2D eigenvalue weighted by molar-refractivity contribution is 5.79. The Labute approximate surface area is 103 Å². The van der Waals surface area contributed by atoms with Gasteiger partial charge in [-0.2, -0.15) is 4.98 Å². The minimum absolute atomic E-state index is 0.0746. The first kappa shape index (κ1) is 12.2. The predicted octanol–water partition coefficient (Wildman–Crippen LogP) is 2.16. The molecule has 94 valence electrons. The molecule has 0 aliphatic heterocycles. The molecule has 18 heavy (non-hydrogen) atoms. The number of para-hydroxylation sites is 1. The van der Waals surface area contributed by atoms with Gasteiger partial charge in [0, 0.05) is 6.42 Å². The van der Waals surface area contributed by atoms with Gasteiger partial charge in [0.1, 0.15) is 0 Å². The summed E-state index contributed by atoms with van der Waals surface area (Å²) in [4.78, 5) is 14.8. The fourth-order valence-electron chi connectivity index (χ4n) is 1.40. The number of aryl methyl sites for hydroxylation is 1. The number of hydrogen-bond donors (Lipinski definition) is 0. The average Bonchev–Trinajstić information content (AvgIpc) is 2.85. The number of carbonyl (C=O) groups excluding carboxylic acids is 1. The van der Waals surface area contributed by atoms with E-state index in [9.17, 15) is 9.18 Å². The molecule has 1 aromatic carbocycles. The Hall–Kier alpha value is -2.24. The van der Waals surface area contributed by atoms with E-state index in [-0.39, 0.29) is 23.8 Å². The van der Waals surface area contributed by atoms with Crippen molar-refractivity contribution in [3.05, 3.63) is 41.3 Å². The maximum Gasteiger partial charge on any atom is 0.264 e. The average molecular weight is 250 g/mol. The fraction of sp³-hybridized carbons (Fsp3) is 0.250. The zero-order chi connectivity index (χ0) is 13.0. The molecule has 6 heteroatoms. The van der Waals surface area contributed by atoms with Crippen LogP contribution < -0.4 is 4.74 Å². The third kappa shape index (κ3) is 2.53. The number of halogens is 1. The van der Waals surface area contributed by atoms with E-state index < -0.39 is 5.82 Å². The van der Waals surface area contributed by atoms with Gasteiger partial charge in [-0.05, 0) is 12.1 Å². The molecule has 0 bridgehead atoms. The number of hydrogen-bond acceptors (Lipinski definition) is 5. The van der Waals surface area contributed by atoms with Crippen molar-refractivity contribution in [2.45, 2.75) is 20.0 Å². The van der Waals surface area contributed by atoms with E-state index >= 15 is 0 Å². The standard InChI is InChI=1S/C12H11FN2O3/c1-2-10-14-11(18-15-10)7-17-12-8(6-16)4-3-5-9(12)13/h3-6H,2,7H2,1H3. The van der Waals surface area contributed by atoms with E-state index in [1.165, 1.54) is 18.2 Å². The molecule has 1 aromatic heterocycles. The van der Waals surface area contributed by atoms with E-state index in [1.807, 2.05) is 6.92 Å². The maximum atomic E-state index is 13.5. The molecule has 2 rings (SSSR count). The summed E-state index contributed by atoms with van der Waals surface area (Å²) in [5.41, 5.74) is 0.144. The number of benzene rings is 1. The SMILES string of the molecule is CCc1noc(COc2c(F)cccc2C=O)n1. The molecule has 0 N–H and O–H groups in total. The van der Waals surface area contributed by atoms with Crippen LogP contribution in [0.25, 0.3) is 0 Å². The number of ether oxygens (including phenoxy) is 1. The number of carbonyl (C=O) groups is 1. The van der Waals surface area contributed by atoms with Gasteiger partial charge in [-0.1, -0.05) is 18.1 Å². The zero-order valence-electron chi connectivity index (χ0n) is 9.72. The van der Waals surface area contributed by atoms with E-state index in [4.69, 9.17) is 9.26 Å². The molecule has 0 aliphatic rings. The van der Waals surface area contributed by atoms with Crippen molar-refractivity contribution in [2.75, 3.05) is 0 Å². The van der Waals surface area contributed by atoms with Crippen LogP contribution in [0.5, 0.6) is 5.75 Å². The smallest absolute Gasteiger partial charge is 0.264 e. The summed E-state index contributed by atoms with van der Waals surface area (Å²) in [6.07, 6.45) is 1.17. The van der Waals surface area contributed by atoms with E-state index in [1.54, 1.807) is 0 Å². The highest BCUT2D eigenvalue weighted by atomic mass is 19.1. The molecule has 0 atom stereocenters. The summed E-state index contributed by atoms with van der Waals surface area (Å²) in [7, 11) is 0. The minimum Gasteiger partial charge on any atom is -0.480 e. The molecule has 0 fully saturated rings. The van der Waals surface area contributed by atoms with Crippen LogP contribution in [0.4, 0.5) is 4.39 Å². The van der Waals surface area contributed by atoms with Gasteiger partial charge >= 0.3 is 0 Å². The van der Waals surface area contributed by atoms with Gasteiger partial charge in [0.2, 0.25) is 0 Å². The molecule has 0 spiro atoms. The summed E-state index contributed by atoms with van der Waals surface area (Å²) in [5, 5.41) is 3.68. The third-order valence-corrected chi connectivity index (χ3v) is 2.29. The van der Waals surface area contributed by atoms with Crippen LogP contribution in [0, 0.1) is 5.82 Å². The number of aldehydes is 1. The van der Waals surface area contributed by atoms with Crippen molar-refractivity contribution in [1.82, 2.24) is 10.1 Å². The Morgan fingerprint density at radius 2 is 2.33 bits per heavy atom. The van der Waals surface area contributed by atoms with Gasteiger partial charge < -0.3 is 9.26 Å².